The van der Waals surface area contributed by atoms with E-state index < -0.39 is 0 Å². The minimum atomic E-state index is 1.10. The second-order valence-electron chi connectivity index (χ2n) is 10.7. The topological polar surface area (TPSA) is 12.9 Å². The lowest BCUT2D eigenvalue weighted by Crippen LogP contribution is -1.88. The maximum Gasteiger partial charge on any atom is 0.124 e. The second kappa shape index (κ2) is 10.3. The number of thiophene rings is 1. The summed E-state index contributed by atoms with van der Waals surface area (Å²) in [5, 5.41) is 6.20. The van der Waals surface area contributed by atoms with E-state index in [1.165, 1.54) is 76.1 Å². The van der Waals surface area contributed by atoms with Gasteiger partial charge < -0.3 is 0 Å². The average molecular weight is 572 g/mol. The standard InChI is InChI=1S/C39H26NPS/c41-35-18-15-26(16-19-35)25-3-5-27(6-4-25)31-13-11-30-12-14-32(23-34(30)22-31)28-7-9-29(10-8-28)33-17-20-38-37(24-33)36-2-1-21-40-39(36)42-38/h1-24H,41H2. The summed E-state index contributed by atoms with van der Waals surface area (Å²) in [5.41, 5.74) is 9.82. The molecule has 42 heavy (non-hydrogen) atoms. The van der Waals surface area contributed by atoms with Crippen molar-refractivity contribution >= 4 is 57.0 Å². The van der Waals surface area contributed by atoms with Gasteiger partial charge in [0.15, 0.2) is 0 Å². The third-order valence-electron chi connectivity index (χ3n) is 8.10. The van der Waals surface area contributed by atoms with Crippen molar-refractivity contribution in [2.24, 2.45) is 0 Å². The van der Waals surface area contributed by atoms with Gasteiger partial charge in [-0.3, -0.25) is 0 Å². The Bertz CT molecular complexity index is 2230. The molecule has 0 saturated carbocycles. The normalized spacial score (nSPS) is 11.5. The first kappa shape index (κ1) is 25.1. The lowest BCUT2D eigenvalue weighted by molar-refractivity contribution is 1.45. The van der Waals surface area contributed by atoms with Crippen LogP contribution in [-0.2, 0) is 0 Å². The largest absolute Gasteiger partial charge is 0.245 e. The number of nitrogens with zero attached hydrogens (tertiary/aromatic N) is 1. The highest BCUT2D eigenvalue weighted by molar-refractivity contribution is 7.27. The van der Waals surface area contributed by atoms with Crippen LogP contribution in [0.2, 0.25) is 0 Å². The number of hydrogen-bond donors (Lipinski definition) is 0. The minimum absolute atomic E-state index is 1.10. The number of fused-ring (bicyclic) bond motifs is 4. The molecule has 1 nitrogen and oxygen atoms in total. The van der Waals surface area contributed by atoms with Gasteiger partial charge in [-0.05, 0) is 97.0 Å². The molecule has 0 radical (unpaired) electrons. The number of aromatic nitrogens is 1. The van der Waals surface area contributed by atoms with Crippen LogP contribution < -0.4 is 5.30 Å². The highest BCUT2D eigenvalue weighted by atomic mass is 32.1. The van der Waals surface area contributed by atoms with Gasteiger partial charge in [-0.15, -0.1) is 20.6 Å². The summed E-state index contributed by atoms with van der Waals surface area (Å²) < 4.78 is 1.28. The summed E-state index contributed by atoms with van der Waals surface area (Å²) in [6.45, 7) is 0. The fraction of sp³-hybridized carbons (Fsp3) is 0. The Balaban J connectivity index is 1.08. The Kier molecular flexibility index (Phi) is 6.18. The second-order valence-corrected chi connectivity index (χ2v) is 12.4. The van der Waals surface area contributed by atoms with Gasteiger partial charge in [-0.1, -0.05) is 103 Å². The first-order valence-corrected chi connectivity index (χ1v) is 15.5. The summed E-state index contributed by atoms with van der Waals surface area (Å²) in [6.07, 6.45) is 1.87. The predicted molar refractivity (Wildman–Crippen MR) is 186 cm³/mol. The lowest BCUT2D eigenvalue weighted by Gasteiger charge is -2.09. The third-order valence-corrected chi connectivity index (χ3v) is 9.58. The molecule has 0 saturated heterocycles. The van der Waals surface area contributed by atoms with E-state index in [1.807, 2.05) is 12.3 Å². The van der Waals surface area contributed by atoms with Crippen LogP contribution >= 0.6 is 20.6 Å². The van der Waals surface area contributed by atoms with Crippen LogP contribution in [-0.4, -0.2) is 4.98 Å². The molecule has 1 atom stereocenters. The van der Waals surface area contributed by atoms with E-state index in [2.05, 4.69) is 148 Å². The Hall–Kier alpha value is -4.62. The van der Waals surface area contributed by atoms with Gasteiger partial charge >= 0.3 is 0 Å². The van der Waals surface area contributed by atoms with Gasteiger partial charge in [0.1, 0.15) is 4.83 Å². The Morgan fingerprint density at radius 2 is 0.905 bits per heavy atom. The van der Waals surface area contributed by atoms with Crippen molar-refractivity contribution in [1.29, 1.82) is 0 Å². The molecule has 2 aromatic heterocycles. The third kappa shape index (κ3) is 4.60. The summed E-state index contributed by atoms with van der Waals surface area (Å²) in [5.74, 6) is 0. The average Bonchev–Trinajstić information content (AvgIpc) is 3.43. The summed E-state index contributed by atoms with van der Waals surface area (Å²) in [4.78, 5) is 5.64. The van der Waals surface area contributed by atoms with Crippen molar-refractivity contribution in [2.75, 3.05) is 0 Å². The molecule has 6 aromatic carbocycles. The van der Waals surface area contributed by atoms with Crippen molar-refractivity contribution in [3.8, 4) is 44.5 Å². The van der Waals surface area contributed by atoms with Gasteiger partial charge in [-0.25, -0.2) is 4.98 Å². The van der Waals surface area contributed by atoms with Crippen LogP contribution in [0.4, 0.5) is 0 Å². The molecule has 0 amide bonds. The molecular formula is C39H26NPS. The van der Waals surface area contributed by atoms with Crippen LogP contribution in [0.15, 0.2) is 146 Å². The first-order chi connectivity index (χ1) is 20.7. The van der Waals surface area contributed by atoms with Crippen LogP contribution in [0.1, 0.15) is 0 Å². The summed E-state index contributed by atoms with van der Waals surface area (Å²) >= 11 is 1.75. The first-order valence-electron chi connectivity index (χ1n) is 14.1. The molecule has 2 heterocycles. The maximum atomic E-state index is 4.55. The van der Waals surface area contributed by atoms with E-state index in [9.17, 15) is 0 Å². The van der Waals surface area contributed by atoms with E-state index in [-0.39, 0.29) is 0 Å². The van der Waals surface area contributed by atoms with Gasteiger partial charge in [-0.2, -0.15) is 0 Å². The number of rotatable bonds is 4. The molecule has 0 fully saturated rings. The van der Waals surface area contributed by atoms with Gasteiger partial charge in [0.25, 0.3) is 0 Å². The van der Waals surface area contributed by atoms with Crippen LogP contribution in [0.25, 0.3) is 75.6 Å². The maximum absolute atomic E-state index is 4.55. The van der Waals surface area contributed by atoms with Crippen molar-refractivity contribution < 1.29 is 0 Å². The highest BCUT2D eigenvalue weighted by Gasteiger charge is 2.09. The van der Waals surface area contributed by atoms with Gasteiger partial charge in [0.05, 0.1) is 0 Å². The highest BCUT2D eigenvalue weighted by Crippen LogP contribution is 2.36. The fourth-order valence-corrected chi connectivity index (χ4v) is 7.00. The van der Waals surface area contributed by atoms with Crippen LogP contribution in [0.3, 0.4) is 0 Å². The minimum Gasteiger partial charge on any atom is -0.245 e. The Morgan fingerprint density at radius 3 is 1.50 bits per heavy atom. The number of pyridine rings is 1. The zero-order chi connectivity index (χ0) is 28.0. The summed E-state index contributed by atoms with van der Waals surface area (Å²) in [6, 6.07) is 50.9. The zero-order valence-corrected chi connectivity index (χ0v) is 24.8. The van der Waals surface area contributed by atoms with Crippen molar-refractivity contribution in [2.45, 2.75) is 0 Å². The van der Waals surface area contributed by atoms with E-state index in [0.717, 1.165) is 4.83 Å². The Morgan fingerprint density at radius 1 is 0.429 bits per heavy atom. The number of hydrogen-bond acceptors (Lipinski definition) is 2. The quantitative estimate of drug-likeness (QED) is 0.192. The molecular weight excluding hydrogens is 545 g/mol. The van der Waals surface area contributed by atoms with E-state index in [0.29, 0.717) is 0 Å². The molecule has 0 aliphatic carbocycles. The molecule has 0 spiro atoms. The molecule has 0 aliphatic rings. The fourth-order valence-electron chi connectivity index (χ4n) is 5.78. The molecule has 8 aromatic rings. The molecule has 0 N–H and O–H groups in total. The molecule has 3 heteroatoms. The Labute approximate surface area is 251 Å². The van der Waals surface area contributed by atoms with Crippen molar-refractivity contribution in [3.05, 3.63) is 146 Å². The van der Waals surface area contributed by atoms with Gasteiger partial charge in [0, 0.05) is 21.7 Å². The molecule has 198 valence electrons. The van der Waals surface area contributed by atoms with Crippen LogP contribution in [0, 0.1) is 0 Å². The van der Waals surface area contributed by atoms with Gasteiger partial charge in [0.2, 0.25) is 0 Å². The van der Waals surface area contributed by atoms with E-state index in [1.54, 1.807) is 11.3 Å². The van der Waals surface area contributed by atoms with Crippen LogP contribution in [0.5, 0.6) is 0 Å². The monoisotopic (exact) mass is 571 g/mol. The summed E-state index contributed by atoms with van der Waals surface area (Å²) in [7, 11) is 2.75. The predicted octanol–water partition coefficient (Wildman–Crippen LogP) is 10.8. The molecule has 0 aliphatic heterocycles. The lowest BCUT2D eigenvalue weighted by atomic mass is 9.95. The number of benzene rings is 6. The molecule has 8 rings (SSSR count). The molecule has 0 bridgehead atoms. The zero-order valence-electron chi connectivity index (χ0n) is 22.8. The SMILES string of the molecule is Pc1ccc(-c2ccc(-c3ccc4ccc(-c5ccc(-c6ccc7sc8ncccc8c7c6)cc5)cc4c3)cc2)cc1. The molecule has 1 unspecified atom stereocenters. The van der Waals surface area contributed by atoms with E-state index in [4.69, 9.17) is 0 Å². The van der Waals surface area contributed by atoms with E-state index >= 15 is 0 Å². The van der Waals surface area contributed by atoms with Crippen molar-refractivity contribution in [1.82, 2.24) is 4.98 Å². The van der Waals surface area contributed by atoms with Crippen molar-refractivity contribution in [3.63, 3.8) is 0 Å². The smallest absolute Gasteiger partial charge is 0.124 e.